The maximum atomic E-state index is 12.5. The highest BCUT2D eigenvalue weighted by atomic mass is 19.3. The fourth-order valence-electron chi connectivity index (χ4n) is 0.797. The summed E-state index contributed by atoms with van der Waals surface area (Å²) in [4.78, 5) is 0. The molecule has 1 nitrogen and oxygen atoms in total. The summed E-state index contributed by atoms with van der Waals surface area (Å²) in [5.41, 5.74) is 0.483. The lowest BCUT2D eigenvalue weighted by Gasteiger charge is -2.06. The van der Waals surface area contributed by atoms with Gasteiger partial charge in [0.1, 0.15) is 11.6 Å². The molecule has 0 amide bonds. The van der Waals surface area contributed by atoms with E-state index in [2.05, 4.69) is 4.74 Å². The van der Waals surface area contributed by atoms with Crippen LogP contribution in [0.2, 0.25) is 0 Å². The minimum Gasteiger partial charge on any atom is -0.434 e. The molecule has 0 aliphatic heterocycles. The minimum atomic E-state index is -2.91. The molecule has 0 N–H and O–H groups in total. The largest absolute Gasteiger partial charge is 0.434 e. The van der Waals surface area contributed by atoms with Crippen molar-refractivity contribution in [3.05, 3.63) is 29.6 Å². The van der Waals surface area contributed by atoms with Crippen molar-refractivity contribution in [2.24, 2.45) is 0 Å². The van der Waals surface area contributed by atoms with E-state index in [1.165, 1.54) is 12.1 Å². The molecule has 0 heterocycles. The Morgan fingerprint density at radius 2 is 1.79 bits per heavy atom. The standard InChI is InChI=1S/C8H7F3O.C2H6/c1-5-2-3-6(9)4-7(5)12-8(10)11;1-2/h2-4,8H,1H3;1-2H3. The molecule has 0 saturated heterocycles. The number of rotatable bonds is 2. The summed E-state index contributed by atoms with van der Waals surface area (Å²) in [6, 6.07) is 3.50. The van der Waals surface area contributed by atoms with Gasteiger partial charge in [0.25, 0.3) is 0 Å². The number of aryl methyl sites for hydroxylation is 1. The second-order valence-corrected chi connectivity index (χ2v) is 2.29. The molecule has 0 radical (unpaired) electrons. The van der Waals surface area contributed by atoms with Gasteiger partial charge in [-0.05, 0) is 18.6 Å². The molecule has 0 aliphatic carbocycles. The topological polar surface area (TPSA) is 9.23 Å². The van der Waals surface area contributed by atoms with Crippen molar-refractivity contribution in [1.29, 1.82) is 0 Å². The molecule has 0 spiro atoms. The Morgan fingerprint density at radius 3 is 2.29 bits per heavy atom. The summed E-state index contributed by atoms with van der Waals surface area (Å²) in [5.74, 6) is -0.707. The highest BCUT2D eigenvalue weighted by molar-refractivity contribution is 5.32. The molecule has 1 rings (SSSR count). The third kappa shape index (κ3) is 4.16. The van der Waals surface area contributed by atoms with Crippen LogP contribution in [0.3, 0.4) is 0 Å². The number of hydrogen-bond acceptors (Lipinski definition) is 1. The van der Waals surface area contributed by atoms with Crippen LogP contribution >= 0.6 is 0 Å². The second kappa shape index (κ2) is 6.29. The molecule has 4 heteroatoms. The summed E-state index contributed by atoms with van der Waals surface area (Å²) in [6.07, 6.45) is 0. The first-order valence-corrected chi connectivity index (χ1v) is 4.30. The fraction of sp³-hybridized carbons (Fsp3) is 0.400. The zero-order chi connectivity index (χ0) is 11.1. The van der Waals surface area contributed by atoms with Gasteiger partial charge in [-0.25, -0.2) is 4.39 Å². The zero-order valence-corrected chi connectivity index (χ0v) is 8.35. The van der Waals surface area contributed by atoms with E-state index in [0.29, 0.717) is 5.56 Å². The van der Waals surface area contributed by atoms with Gasteiger partial charge in [-0.3, -0.25) is 0 Å². The molecule has 0 fully saturated rings. The van der Waals surface area contributed by atoms with Crippen LogP contribution < -0.4 is 4.74 Å². The lowest BCUT2D eigenvalue weighted by Crippen LogP contribution is -2.03. The highest BCUT2D eigenvalue weighted by Gasteiger charge is 2.07. The van der Waals surface area contributed by atoms with Gasteiger partial charge in [-0.1, -0.05) is 19.9 Å². The van der Waals surface area contributed by atoms with Crippen molar-refractivity contribution in [2.45, 2.75) is 27.4 Å². The minimum absolute atomic E-state index is 0.120. The Bertz CT molecular complexity index is 274. The van der Waals surface area contributed by atoms with Gasteiger partial charge in [0.2, 0.25) is 0 Å². The Balaban J connectivity index is 0.000000791. The van der Waals surface area contributed by atoms with Gasteiger partial charge in [-0.2, -0.15) is 8.78 Å². The average Bonchev–Trinajstić information content (AvgIpc) is 2.14. The number of halogens is 3. The van der Waals surface area contributed by atoms with Crippen molar-refractivity contribution >= 4 is 0 Å². The number of benzene rings is 1. The van der Waals surface area contributed by atoms with E-state index >= 15 is 0 Å². The van der Waals surface area contributed by atoms with Gasteiger partial charge in [0.15, 0.2) is 0 Å². The normalized spacial score (nSPS) is 9.36. The number of hydrogen-bond donors (Lipinski definition) is 0. The van der Waals surface area contributed by atoms with Crippen LogP contribution in [0.5, 0.6) is 5.75 Å². The number of ether oxygens (including phenoxy) is 1. The first kappa shape index (κ1) is 12.8. The molecule has 0 atom stereocenters. The molecule has 0 aliphatic rings. The van der Waals surface area contributed by atoms with Crippen molar-refractivity contribution in [3.8, 4) is 5.75 Å². The van der Waals surface area contributed by atoms with Gasteiger partial charge < -0.3 is 4.74 Å². The predicted octanol–water partition coefficient (Wildman–Crippen LogP) is 3.76. The smallest absolute Gasteiger partial charge is 0.387 e. The first-order valence-electron chi connectivity index (χ1n) is 4.30. The van der Waals surface area contributed by atoms with E-state index in [-0.39, 0.29) is 5.75 Å². The molecule has 80 valence electrons. The summed E-state index contributed by atoms with van der Waals surface area (Å²) in [6.45, 7) is 2.66. The van der Waals surface area contributed by atoms with Gasteiger partial charge in [-0.15, -0.1) is 0 Å². The van der Waals surface area contributed by atoms with E-state index < -0.39 is 12.4 Å². The van der Waals surface area contributed by atoms with Crippen LogP contribution in [0.25, 0.3) is 0 Å². The van der Waals surface area contributed by atoms with Crippen molar-refractivity contribution < 1.29 is 17.9 Å². The van der Waals surface area contributed by atoms with E-state index in [4.69, 9.17) is 0 Å². The van der Waals surface area contributed by atoms with Crippen LogP contribution in [0.4, 0.5) is 13.2 Å². The first-order chi connectivity index (χ1) is 6.59. The quantitative estimate of drug-likeness (QED) is 0.715. The molecule has 1 aromatic rings. The van der Waals surface area contributed by atoms with Crippen molar-refractivity contribution in [3.63, 3.8) is 0 Å². The molecule has 1 aromatic carbocycles. The molecular formula is C10H13F3O. The van der Waals surface area contributed by atoms with Crippen molar-refractivity contribution in [1.82, 2.24) is 0 Å². The molecular weight excluding hydrogens is 193 g/mol. The molecule has 0 saturated carbocycles. The predicted molar refractivity (Wildman–Crippen MR) is 49.1 cm³/mol. The lowest BCUT2D eigenvalue weighted by atomic mass is 10.2. The summed E-state index contributed by atoms with van der Waals surface area (Å²) in [5, 5.41) is 0. The molecule has 0 aromatic heterocycles. The van der Waals surface area contributed by atoms with Crippen LogP contribution in [0, 0.1) is 12.7 Å². The van der Waals surface area contributed by atoms with E-state index in [0.717, 1.165) is 6.07 Å². The van der Waals surface area contributed by atoms with Gasteiger partial charge in [0, 0.05) is 6.07 Å². The lowest BCUT2D eigenvalue weighted by molar-refractivity contribution is -0.0504. The second-order valence-electron chi connectivity index (χ2n) is 2.29. The highest BCUT2D eigenvalue weighted by Crippen LogP contribution is 2.20. The van der Waals surface area contributed by atoms with E-state index in [1.807, 2.05) is 13.8 Å². The Morgan fingerprint density at radius 1 is 1.21 bits per heavy atom. The van der Waals surface area contributed by atoms with Gasteiger partial charge in [0.05, 0.1) is 0 Å². The average molecular weight is 206 g/mol. The Labute approximate surface area is 81.5 Å². The molecule has 0 unspecified atom stereocenters. The molecule has 0 bridgehead atoms. The fourth-order valence-corrected chi connectivity index (χ4v) is 0.797. The van der Waals surface area contributed by atoms with E-state index in [9.17, 15) is 13.2 Å². The monoisotopic (exact) mass is 206 g/mol. The third-order valence-corrected chi connectivity index (χ3v) is 1.37. The Hall–Kier alpha value is -1.19. The SMILES string of the molecule is CC.Cc1ccc(F)cc1OC(F)F. The number of alkyl halides is 2. The molecule has 14 heavy (non-hydrogen) atoms. The maximum Gasteiger partial charge on any atom is 0.387 e. The summed E-state index contributed by atoms with van der Waals surface area (Å²) < 4.78 is 39.9. The zero-order valence-electron chi connectivity index (χ0n) is 8.35. The summed E-state index contributed by atoms with van der Waals surface area (Å²) in [7, 11) is 0. The maximum absolute atomic E-state index is 12.5. The summed E-state index contributed by atoms with van der Waals surface area (Å²) >= 11 is 0. The van der Waals surface area contributed by atoms with Crippen LogP contribution in [0.15, 0.2) is 18.2 Å². The Kier molecular flexibility index (Phi) is 5.76. The third-order valence-electron chi connectivity index (χ3n) is 1.37. The van der Waals surface area contributed by atoms with Gasteiger partial charge >= 0.3 is 6.61 Å². The van der Waals surface area contributed by atoms with Crippen LogP contribution in [-0.4, -0.2) is 6.61 Å². The van der Waals surface area contributed by atoms with Crippen LogP contribution in [-0.2, 0) is 0 Å². The van der Waals surface area contributed by atoms with Crippen LogP contribution in [0.1, 0.15) is 19.4 Å². The van der Waals surface area contributed by atoms with E-state index in [1.54, 1.807) is 6.92 Å². The van der Waals surface area contributed by atoms with Crippen molar-refractivity contribution in [2.75, 3.05) is 0 Å².